The van der Waals surface area contributed by atoms with Gasteiger partial charge in [-0.25, -0.2) is 4.98 Å². The van der Waals surface area contributed by atoms with Crippen LogP contribution in [-0.4, -0.2) is 27.4 Å². The van der Waals surface area contributed by atoms with Crippen molar-refractivity contribution < 1.29 is 4.79 Å². The van der Waals surface area contributed by atoms with Crippen LogP contribution in [-0.2, 0) is 6.54 Å². The van der Waals surface area contributed by atoms with Gasteiger partial charge in [0.25, 0.3) is 5.91 Å². The summed E-state index contributed by atoms with van der Waals surface area (Å²) in [6.45, 7) is 2.50. The van der Waals surface area contributed by atoms with E-state index < -0.39 is 0 Å². The number of carbonyl (C=O) groups excluding carboxylic acids is 1. The highest BCUT2D eigenvalue weighted by Crippen LogP contribution is 2.14. The molecule has 4 nitrogen and oxygen atoms in total. The van der Waals surface area contributed by atoms with Gasteiger partial charge in [0.2, 0.25) is 0 Å². The molecule has 0 fully saturated rings. The fraction of sp³-hybridized carbons (Fsp3) is 0.176. The van der Waals surface area contributed by atoms with Gasteiger partial charge >= 0.3 is 0 Å². The molecule has 22 heavy (non-hydrogen) atoms. The molecule has 3 rings (SSSR count). The van der Waals surface area contributed by atoms with Crippen LogP contribution >= 0.6 is 11.3 Å². The van der Waals surface area contributed by atoms with Gasteiger partial charge in [-0.3, -0.25) is 4.79 Å². The molecule has 0 saturated heterocycles. The van der Waals surface area contributed by atoms with Gasteiger partial charge in [-0.15, -0.1) is 11.3 Å². The summed E-state index contributed by atoms with van der Waals surface area (Å²) in [6, 6.07) is 11.6. The Labute approximate surface area is 133 Å². The molecular weight excluding hydrogens is 294 g/mol. The fourth-order valence-electron chi connectivity index (χ4n) is 2.30. The van der Waals surface area contributed by atoms with Crippen molar-refractivity contribution in [2.45, 2.75) is 13.5 Å². The van der Waals surface area contributed by atoms with Crippen LogP contribution in [0.2, 0.25) is 0 Å². The number of carbonyl (C=O) groups is 1. The third-order valence-electron chi connectivity index (χ3n) is 3.43. The molecule has 0 aliphatic heterocycles. The Bertz CT molecular complexity index is 760. The third-order valence-corrected chi connectivity index (χ3v) is 4.25. The van der Waals surface area contributed by atoms with Crippen molar-refractivity contribution in [3.63, 3.8) is 0 Å². The zero-order valence-electron chi connectivity index (χ0n) is 12.6. The first-order valence-corrected chi connectivity index (χ1v) is 7.91. The SMILES string of the molecule is Cc1nc(CN(C)C(=O)c2ccc(-n3cccc3)cc2)cs1. The van der Waals surface area contributed by atoms with Crippen molar-refractivity contribution in [3.05, 3.63) is 70.4 Å². The standard InChI is InChI=1S/C17H17N3OS/c1-13-18-15(12-22-13)11-19(2)17(21)14-5-7-16(8-6-14)20-9-3-4-10-20/h3-10,12H,11H2,1-2H3. The molecule has 0 bridgehead atoms. The fourth-order valence-corrected chi connectivity index (χ4v) is 2.90. The van der Waals surface area contributed by atoms with E-state index in [-0.39, 0.29) is 5.91 Å². The maximum atomic E-state index is 12.4. The number of hydrogen-bond donors (Lipinski definition) is 0. The number of amides is 1. The van der Waals surface area contributed by atoms with Crippen molar-refractivity contribution in [1.29, 1.82) is 0 Å². The predicted octanol–water partition coefficient (Wildman–Crippen LogP) is 3.51. The van der Waals surface area contributed by atoms with Crippen molar-refractivity contribution in [2.24, 2.45) is 0 Å². The average molecular weight is 311 g/mol. The summed E-state index contributed by atoms with van der Waals surface area (Å²) in [5, 5.41) is 3.01. The molecule has 0 unspecified atom stereocenters. The predicted molar refractivity (Wildman–Crippen MR) is 88.4 cm³/mol. The molecule has 0 aliphatic carbocycles. The van der Waals surface area contributed by atoms with Crippen LogP contribution in [0.5, 0.6) is 0 Å². The number of thiazole rings is 1. The van der Waals surface area contributed by atoms with Gasteiger partial charge in [0, 0.05) is 36.1 Å². The van der Waals surface area contributed by atoms with E-state index in [0.717, 1.165) is 16.4 Å². The average Bonchev–Trinajstić information content (AvgIpc) is 3.18. The highest BCUT2D eigenvalue weighted by molar-refractivity contribution is 7.09. The molecule has 2 aromatic heterocycles. The minimum atomic E-state index is 0.00436. The molecule has 0 atom stereocenters. The summed E-state index contributed by atoms with van der Waals surface area (Å²) in [6.07, 6.45) is 3.96. The summed E-state index contributed by atoms with van der Waals surface area (Å²) in [5.41, 5.74) is 2.66. The van der Waals surface area contributed by atoms with Crippen LogP contribution < -0.4 is 0 Å². The molecule has 0 saturated carbocycles. The maximum absolute atomic E-state index is 12.4. The Hall–Kier alpha value is -2.40. The first kappa shape index (κ1) is 14.5. The summed E-state index contributed by atoms with van der Waals surface area (Å²) in [5.74, 6) is 0.00436. The quantitative estimate of drug-likeness (QED) is 0.739. The lowest BCUT2D eigenvalue weighted by Gasteiger charge is -2.16. The van der Waals surface area contributed by atoms with E-state index in [9.17, 15) is 4.79 Å². The van der Waals surface area contributed by atoms with E-state index >= 15 is 0 Å². The zero-order chi connectivity index (χ0) is 15.5. The van der Waals surface area contributed by atoms with Crippen LogP contribution in [0, 0.1) is 6.92 Å². The van der Waals surface area contributed by atoms with E-state index in [1.165, 1.54) is 0 Å². The van der Waals surface area contributed by atoms with E-state index in [1.54, 1.807) is 23.3 Å². The van der Waals surface area contributed by atoms with Gasteiger partial charge in [-0.1, -0.05) is 0 Å². The highest BCUT2D eigenvalue weighted by atomic mass is 32.1. The lowest BCUT2D eigenvalue weighted by molar-refractivity contribution is 0.0783. The van der Waals surface area contributed by atoms with E-state index in [2.05, 4.69) is 4.98 Å². The molecule has 1 aromatic carbocycles. The van der Waals surface area contributed by atoms with Crippen molar-refractivity contribution in [1.82, 2.24) is 14.5 Å². The van der Waals surface area contributed by atoms with E-state index in [4.69, 9.17) is 0 Å². The van der Waals surface area contributed by atoms with Gasteiger partial charge in [-0.05, 0) is 43.3 Å². The largest absolute Gasteiger partial charge is 0.336 e. The number of hydrogen-bond acceptors (Lipinski definition) is 3. The number of nitrogens with zero attached hydrogens (tertiary/aromatic N) is 3. The number of rotatable bonds is 4. The van der Waals surface area contributed by atoms with Crippen molar-refractivity contribution in [3.8, 4) is 5.69 Å². The minimum absolute atomic E-state index is 0.00436. The Morgan fingerprint density at radius 1 is 1.23 bits per heavy atom. The smallest absolute Gasteiger partial charge is 0.253 e. The van der Waals surface area contributed by atoms with Gasteiger partial charge in [-0.2, -0.15) is 0 Å². The second-order valence-electron chi connectivity index (χ2n) is 5.16. The molecule has 0 spiro atoms. The number of aryl methyl sites for hydroxylation is 1. The van der Waals surface area contributed by atoms with E-state index in [0.29, 0.717) is 12.1 Å². The van der Waals surface area contributed by atoms with Gasteiger partial charge < -0.3 is 9.47 Å². The first-order valence-electron chi connectivity index (χ1n) is 7.03. The van der Waals surface area contributed by atoms with Crippen molar-refractivity contribution >= 4 is 17.2 Å². The highest BCUT2D eigenvalue weighted by Gasteiger charge is 2.13. The van der Waals surface area contributed by atoms with Crippen LogP contribution in [0.4, 0.5) is 0 Å². The molecule has 5 heteroatoms. The van der Waals surface area contributed by atoms with Crippen molar-refractivity contribution in [2.75, 3.05) is 7.05 Å². The monoisotopic (exact) mass is 311 g/mol. The molecule has 0 aliphatic rings. The zero-order valence-corrected chi connectivity index (χ0v) is 13.4. The second kappa shape index (κ2) is 6.15. The molecule has 2 heterocycles. The van der Waals surface area contributed by atoms with Crippen LogP contribution in [0.1, 0.15) is 21.1 Å². The summed E-state index contributed by atoms with van der Waals surface area (Å²) < 4.78 is 2.01. The normalized spacial score (nSPS) is 10.6. The lowest BCUT2D eigenvalue weighted by Crippen LogP contribution is -2.26. The molecule has 0 radical (unpaired) electrons. The van der Waals surface area contributed by atoms with Gasteiger partial charge in [0.1, 0.15) is 0 Å². The van der Waals surface area contributed by atoms with Crippen LogP contribution in [0.15, 0.2) is 54.2 Å². The molecule has 1 amide bonds. The molecule has 3 aromatic rings. The molecular formula is C17H17N3OS. The Balaban J connectivity index is 1.71. The van der Waals surface area contributed by atoms with Crippen LogP contribution in [0.25, 0.3) is 5.69 Å². The topological polar surface area (TPSA) is 38.1 Å². The Kier molecular flexibility index (Phi) is 4.06. The van der Waals surface area contributed by atoms with E-state index in [1.807, 2.05) is 65.7 Å². The summed E-state index contributed by atoms with van der Waals surface area (Å²) in [4.78, 5) is 18.5. The number of benzene rings is 1. The van der Waals surface area contributed by atoms with Crippen LogP contribution in [0.3, 0.4) is 0 Å². The van der Waals surface area contributed by atoms with Gasteiger partial charge in [0.15, 0.2) is 0 Å². The minimum Gasteiger partial charge on any atom is -0.336 e. The summed E-state index contributed by atoms with van der Waals surface area (Å²) >= 11 is 1.60. The molecule has 112 valence electrons. The maximum Gasteiger partial charge on any atom is 0.253 e. The lowest BCUT2D eigenvalue weighted by atomic mass is 10.2. The van der Waals surface area contributed by atoms with Gasteiger partial charge in [0.05, 0.1) is 17.2 Å². The Morgan fingerprint density at radius 3 is 2.50 bits per heavy atom. The Morgan fingerprint density at radius 2 is 1.91 bits per heavy atom. The first-order chi connectivity index (χ1) is 10.6. The third kappa shape index (κ3) is 3.09. The second-order valence-corrected chi connectivity index (χ2v) is 6.22. The number of aromatic nitrogens is 2. The molecule has 0 N–H and O–H groups in total. The summed E-state index contributed by atoms with van der Waals surface area (Å²) in [7, 11) is 1.80.